The summed E-state index contributed by atoms with van der Waals surface area (Å²) in [6, 6.07) is 13.0. The number of carbonyl (C=O) groups is 1. The number of hydrogen-bond acceptors (Lipinski definition) is 4. The molecule has 2 atom stereocenters. The second-order valence-electron chi connectivity index (χ2n) is 8.03. The number of Topliss-reactive ketones (excluding diaryl/α,β-unsaturated/α-hetero) is 1. The molecule has 4 rings (SSSR count). The van der Waals surface area contributed by atoms with Crippen LogP contribution in [0.3, 0.4) is 0 Å². The Morgan fingerprint density at radius 3 is 2.58 bits per heavy atom. The van der Waals surface area contributed by atoms with Gasteiger partial charge in [0, 0.05) is 12.5 Å². The lowest BCUT2D eigenvalue weighted by atomic mass is 9.70. The van der Waals surface area contributed by atoms with Gasteiger partial charge in [-0.05, 0) is 35.6 Å². The standard InChI is InChI=1S/C20H22NO4S/c1-19(2)15-10-11-20(19,18(22)12-15)13-26(23,24)25-21-17-9-5-7-14-6-3-4-8-16(14)17/h3-9,15H,10-13H2,1-2H3/q+1. The van der Waals surface area contributed by atoms with Crippen LogP contribution in [0.5, 0.6) is 0 Å². The molecule has 2 bridgehead atoms. The molecule has 2 aromatic carbocycles. The van der Waals surface area contributed by atoms with Gasteiger partial charge in [0.05, 0.1) is 20.8 Å². The third kappa shape index (κ3) is 2.59. The molecule has 0 aliphatic heterocycles. The van der Waals surface area contributed by atoms with E-state index in [9.17, 15) is 13.2 Å². The van der Waals surface area contributed by atoms with Gasteiger partial charge in [-0.15, -0.1) is 0 Å². The molecule has 6 heteroatoms. The van der Waals surface area contributed by atoms with Gasteiger partial charge in [0.1, 0.15) is 5.78 Å². The molecule has 0 heterocycles. The van der Waals surface area contributed by atoms with Gasteiger partial charge in [0.25, 0.3) is 0 Å². The number of nitrogens with zero attached hydrogens (tertiary/aromatic N) is 1. The Morgan fingerprint density at radius 2 is 1.88 bits per heavy atom. The molecule has 2 unspecified atom stereocenters. The average molecular weight is 372 g/mol. The van der Waals surface area contributed by atoms with Gasteiger partial charge in [-0.1, -0.05) is 44.2 Å². The van der Waals surface area contributed by atoms with Crippen LogP contribution in [0.2, 0.25) is 0 Å². The zero-order valence-electron chi connectivity index (χ0n) is 14.9. The first-order valence-electron chi connectivity index (χ1n) is 8.89. The molecule has 0 amide bonds. The Morgan fingerprint density at radius 1 is 1.15 bits per heavy atom. The molecule has 0 aromatic heterocycles. The van der Waals surface area contributed by atoms with E-state index in [0.717, 1.165) is 17.2 Å². The molecule has 2 radical (unpaired) electrons. The molecule has 2 aromatic rings. The van der Waals surface area contributed by atoms with E-state index in [2.05, 4.69) is 5.48 Å². The normalized spacial score (nSPS) is 27.3. The zero-order valence-corrected chi connectivity index (χ0v) is 15.8. The number of rotatable bonds is 5. The lowest BCUT2D eigenvalue weighted by Crippen LogP contribution is -2.42. The third-order valence-corrected chi connectivity index (χ3v) is 7.73. The second kappa shape index (κ2) is 5.87. The Kier molecular flexibility index (Phi) is 3.99. The summed E-state index contributed by atoms with van der Waals surface area (Å²) in [4.78, 5) is 12.5. The lowest BCUT2D eigenvalue weighted by Gasteiger charge is -2.35. The highest BCUT2D eigenvalue weighted by Gasteiger charge is 2.66. The summed E-state index contributed by atoms with van der Waals surface area (Å²) in [7, 11) is -3.97. The first-order valence-corrected chi connectivity index (χ1v) is 10.5. The molecule has 2 aliphatic rings. The lowest BCUT2D eigenvalue weighted by molar-refractivity contribution is -0.128. The Hall–Kier alpha value is -1.76. The van der Waals surface area contributed by atoms with Crippen molar-refractivity contribution in [3.05, 3.63) is 42.5 Å². The monoisotopic (exact) mass is 372 g/mol. The molecule has 26 heavy (non-hydrogen) atoms. The smallest absolute Gasteiger partial charge is 0.299 e. The van der Waals surface area contributed by atoms with Crippen molar-refractivity contribution in [1.29, 1.82) is 0 Å². The summed E-state index contributed by atoms with van der Waals surface area (Å²) in [5.74, 6) is 0.0210. The minimum absolute atomic E-state index is 0.0519. The van der Waals surface area contributed by atoms with Crippen LogP contribution >= 0.6 is 0 Å². The minimum atomic E-state index is -3.97. The summed E-state index contributed by atoms with van der Waals surface area (Å²) in [6.45, 7) is 4.01. The minimum Gasteiger partial charge on any atom is -0.299 e. The number of fused-ring (bicyclic) bond motifs is 3. The predicted molar refractivity (Wildman–Crippen MR) is 99.2 cm³/mol. The first kappa shape index (κ1) is 17.6. The average Bonchev–Trinajstić information content (AvgIpc) is 2.94. The van der Waals surface area contributed by atoms with Gasteiger partial charge < -0.3 is 0 Å². The van der Waals surface area contributed by atoms with Crippen molar-refractivity contribution in [3.63, 3.8) is 0 Å². The van der Waals surface area contributed by atoms with E-state index in [-0.39, 0.29) is 22.9 Å². The van der Waals surface area contributed by atoms with E-state index in [1.165, 1.54) is 0 Å². The molecule has 0 spiro atoms. The molecular weight excluding hydrogens is 350 g/mol. The largest absolute Gasteiger partial charge is 0.331 e. The highest BCUT2D eigenvalue weighted by Crippen LogP contribution is 2.64. The molecular formula is C20H22NO4S+. The summed E-state index contributed by atoms with van der Waals surface area (Å²) in [5.41, 5.74) is 3.20. The van der Waals surface area contributed by atoms with Crippen molar-refractivity contribution in [2.75, 3.05) is 5.75 Å². The van der Waals surface area contributed by atoms with E-state index in [1.807, 2.05) is 44.2 Å². The number of carbonyl (C=O) groups excluding carboxylic acids is 1. The van der Waals surface area contributed by atoms with Crippen LogP contribution in [0.4, 0.5) is 5.69 Å². The van der Waals surface area contributed by atoms with Crippen LogP contribution in [0.15, 0.2) is 42.5 Å². The first-order chi connectivity index (χ1) is 12.3. The SMILES string of the molecule is CC1(C)C2CCC1(CS(=O)(=O)O[N+]c1cccc3ccccc13)C(=O)C2. The topological polar surface area (TPSA) is 74.5 Å². The van der Waals surface area contributed by atoms with Crippen molar-refractivity contribution < 1.29 is 17.5 Å². The van der Waals surface area contributed by atoms with Crippen LogP contribution in [0.25, 0.3) is 10.8 Å². The van der Waals surface area contributed by atoms with Crippen LogP contribution in [0.1, 0.15) is 33.1 Å². The molecule has 0 saturated heterocycles. The van der Waals surface area contributed by atoms with E-state index in [4.69, 9.17) is 4.28 Å². The molecule has 136 valence electrons. The predicted octanol–water partition coefficient (Wildman–Crippen LogP) is 3.73. The Bertz CT molecular complexity index is 977. The van der Waals surface area contributed by atoms with Gasteiger partial charge in [-0.2, -0.15) is 8.42 Å². The van der Waals surface area contributed by atoms with Crippen molar-refractivity contribution in [2.45, 2.75) is 33.1 Å². The van der Waals surface area contributed by atoms with Gasteiger partial charge in [0.15, 0.2) is 0 Å². The van der Waals surface area contributed by atoms with E-state index in [1.54, 1.807) is 12.1 Å². The summed E-state index contributed by atoms with van der Waals surface area (Å²) in [5, 5.41) is 1.78. The summed E-state index contributed by atoms with van der Waals surface area (Å²) in [6.07, 6.45) is 1.98. The third-order valence-electron chi connectivity index (χ3n) is 6.58. The molecule has 0 N–H and O–H groups in total. The van der Waals surface area contributed by atoms with Crippen LogP contribution in [0, 0.1) is 16.7 Å². The van der Waals surface area contributed by atoms with E-state index >= 15 is 0 Å². The number of hydrogen-bond donors (Lipinski definition) is 0. The van der Waals surface area contributed by atoms with E-state index in [0.29, 0.717) is 18.5 Å². The number of ketones is 1. The van der Waals surface area contributed by atoms with Crippen LogP contribution < -0.4 is 5.48 Å². The fourth-order valence-electron chi connectivity index (χ4n) is 4.82. The second-order valence-corrected chi connectivity index (χ2v) is 9.59. The zero-order chi connectivity index (χ0) is 18.6. The maximum Gasteiger partial charge on any atom is 0.331 e. The number of benzene rings is 2. The summed E-state index contributed by atoms with van der Waals surface area (Å²) < 4.78 is 30.3. The molecule has 2 saturated carbocycles. The van der Waals surface area contributed by atoms with Crippen molar-refractivity contribution in [3.8, 4) is 0 Å². The Labute approximate surface area is 153 Å². The highest BCUT2D eigenvalue weighted by molar-refractivity contribution is 7.86. The summed E-state index contributed by atoms with van der Waals surface area (Å²) >= 11 is 0. The highest BCUT2D eigenvalue weighted by atomic mass is 32.2. The Balaban J connectivity index is 1.56. The molecule has 2 aliphatic carbocycles. The van der Waals surface area contributed by atoms with Crippen LogP contribution in [-0.4, -0.2) is 20.0 Å². The quantitative estimate of drug-likeness (QED) is 0.750. The molecule has 5 nitrogen and oxygen atoms in total. The maximum atomic E-state index is 12.6. The van der Waals surface area contributed by atoms with E-state index < -0.39 is 15.5 Å². The van der Waals surface area contributed by atoms with Gasteiger partial charge >= 0.3 is 21.3 Å². The van der Waals surface area contributed by atoms with Gasteiger partial charge in [0.2, 0.25) is 0 Å². The van der Waals surface area contributed by atoms with Gasteiger partial charge in [-0.25, -0.2) is 0 Å². The van der Waals surface area contributed by atoms with Crippen molar-refractivity contribution >= 4 is 32.4 Å². The fraction of sp³-hybridized carbons (Fsp3) is 0.450. The maximum absolute atomic E-state index is 12.6. The van der Waals surface area contributed by atoms with Crippen LogP contribution in [-0.2, 0) is 19.2 Å². The van der Waals surface area contributed by atoms with Gasteiger partial charge in [-0.3, -0.25) is 4.79 Å². The van der Waals surface area contributed by atoms with Crippen molar-refractivity contribution in [1.82, 2.24) is 5.48 Å². The fourth-order valence-corrected chi connectivity index (χ4v) is 6.35. The molecule has 2 fully saturated rings. The van der Waals surface area contributed by atoms with Crippen molar-refractivity contribution in [2.24, 2.45) is 16.7 Å².